The van der Waals surface area contributed by atoms with Crippen molar-refractivity contribution in [2.45, 2.75) is 59.0 Å². The number of carboxylic acids is 1. The van der Waals surface area contributed by atoms with E-state index >= 15 is 0 Å². The first-order valence-corrected chi connectivity index (χ1v) is 10.4. The van der Waals surface area contributed by atoms with Crippen LogP contribution in [0.1, 0.15) is 75.0 Å². The number of rotatable bonds is 9. The highest BCUT2D eigenvalue weighted by atomic mass is 16.5. The molecule has 2 aromatic rings. The first kappa shape index (κ1) is 23.5. The van der Waals surface area contributed by atoms with E-state index in [0.717, 1.165) is 17.7 Å². The van der Waals surface area contributed by atoms with E-state index in [4.69, 9.17) is 9.84 Å². The third kappa shape index (κ3) is 7.21. The van der Waals surface area contributed by atoms with Crippen LogP contribution in [0.15, 0.2) is 48.5 Å². The molecule has 0 bridgehead atoms. The predicted octanol–water partition coefficient (Wildman–Crippen LogP) is 5.35. The number of amides is 1. The minimum absolute atomic E-state index is 0.0940. The molecule has 1 amide bonds. The van der Waals surface area contributed by atoms with Crippen molar-refractivity contribution in [3.63, 3.8) is 0 Å². The van der Waals surface area contributed by atoms with Crippen molar-refractivity contribution in [3.8, 4) is 5.75 Å². The lowest BCUT2D eigenvalue weighted by molar-refractivity contribution is -0.136. The average Bonchev–Trinajstić information content (AvgIpc) is 2.66. The lowest BCUT2D eigenvalue weighted by Gasteiger charge is -2.23. The Hall–Kier alpha value is -2.82. The minimum Gasteiger partial charge on any atom is -0.486 e. The number of aliphatic carboxylic acids is 1. The molecule has 0 aromatic heterocycles. The van der Waals surface area contributed by atoms with Gasteiger partial charge in [-0.15, -0.1) is 0 Å². The zero-order chi connectivity index (χ0) is 22.3. The molecule has 5 nitrogen and oxygen atoms in total. The Bertz CT molecular complexity index is 833. The fourth-order valence-corrected chi connectivity index (χ4v) is 3.11. The quantitative estimate of drug-likeness (QED) is 0.583. The van der Waals surface area contributed by atoms with Crippen molar-refractivity contribution in [3.05, 3.63) is 65.2 Å². The first-order valence-electron chi connectivity index (χ1n) is 10.4. The summed E-state index contributed by atoms with van der Waals surface area (Å²) < 4.78 is 6.30. The molecule has 0 spiro atoms. The lowest BCUT2D eigenvalue weighted by atomic mass is 9.87. The molecule has 1 unspecified atom stereocenters. The maximum absolute atomic E-state index is 12.2. The summed E-state index contributed by atoms with van der Waals surface area (Å²) in [4.78, 5) is 22.7. The molecule has 0 aliphatic carbocycles. The van der Waals surface area contributed by atoms with Gasteiger partial charge in [0, 0.05) is 12.1 Å². The first-order chi connectivity index (χ1) is 14.1. The molecule has 5 heteroatoms. The standard InChI is InChI=1S/C25H33NO4/c1-17(2)16-22(30-21-12-10-20(11-13-21)25(3,4)5)18-6-8-19(9-7-18)24(29)26-15-14-23(27)28/h6-13,17,22H,14-16H2,1-5H3,(H,26,29)(H,27,28). The molecule has 0 saturated heterocycles. The zero-order valence-electron chi connectivity index (χ0n) is 18.6. The van der Waals surface area contributed by atoms with Gasteiger partial charge in [0.1, 0.15) is 11.9 Å². The number of ether oxygens (including phenoxy) is 1. The van der Waals surface area contributed by atoms with Crippen LogP contribution in [-0.4, -0.2) is 23.5 Å². The maximum Gasteiger partial charge on any atom is 0.305 e. The molecule has 1 atom stereocenters. The molecule has 0 aliphatic rings. The van der Waals surface area contributed by atoms with Crippen LogP contribution in [0.4, 0.5) is 0 Å². The van der Waals surface area contributed by atoms with Gasteiger partial charge in [-0.3, -0.25) is 9.59 Å². The predicted molar refractivity (Wildman–Crippen MR) is 119 cm³/mol. The summed E-state index contributed by atoms with van der Waals surface area (Å²) in [6.07, 6.45) is 0.641. The molecule has 2 N–H and O–H groups in total. The number of hydrogen-bond donors (Lipinski definition) is 2. The molecule has 2 rings (SSSR count). The summed E-state index contributed by atoms with van der Waals surface area (Å²) in [6.45, 7) is 11.0. The summed E-state index contributed by atoms with van der Waals surface area (Å²) >= 11 is 0. The van der Waals surface area contributed by atoms with Crippen molar-refractivity contribution in [2.75, 3.05) is 6.54 Å². The van der Waals surface area contributed by atoms with Gasteiger partial charge < -0.3 is 15.2 Å². The van der Waals surface area contributed by atoms with Crippen molar-refractivity contribution in [2.24, 2.45) is 5.92 Å². The van der Waals surface area contributed by atoms with Gasteiger partial charge in [-0.2, -0.15) is 0 Å². The van der Waals surface area contributed by atoms with Crippen molar-refractivity contribution in [1.29, 1.82) is 0 Å². The highest BCUT2D eigenvalue weighted by molar-refractivity contribution is 5.94. The van der Waals surface area contributed by atoms with E-state index in [1.165, 1.54) is 5.56 Å². The summed E-state index contributed by atoms with van der Waals surface area (Å²) in [5, 5.41) is 11.3. The molecule has 0 fully saturated rings. The SMILES string of the molecule is CC(C)CC(Oc1ccc(C(C)(C)C)cc1)c1ccc(C(=O)NCCC(=O)O)cc1. The fourth-order valence-electron chi connectivity index (χ4n) is 3.11. The Morgan fingerprint density at radius 3 is 2.10 bits per heavy atom. The molecule has 30 heavy (non-hydrogen) atoms. The Morgan fingerprint density at radius 1 is 1.00 bits per heavy atom. The number of carbonyl (C=O) groups excluding carboxylic acids is 1. The van der Waals surface area contributed by atoms with Crippen LogP contribution >= 0.6 is 0 Å². The average molecular weight is 412 g/mol. The van der Waals surface area contributed by atoms with E-state index in [2.05, 4.69) is 52.1 Å². The molecule has 0 radical (unpaired) electrons. The van der Waals surface area contributed by atoms with Crippen LogP contribution in [0.3, 0.4) is 0 Å². The Balaban J connectivity index is 2.11. The van der Waals surface area contributed by atoms with Gasteiger partial charge in [0.05, 0.1) is 6.42 Å². The van der Waals surface area contributed by atoms with E-state index in [0.29, 0.717) is 11.5 Å². The highest BCUT2D eigenvalue weighted by Crippen LogP contribution is 2.30. The van der Waals surface area contributed by atoms with E-state index in [1.54, 1.807) is 12.1 Å². The van der Waals surface area contributed by atoms with Gasteiger partial charge in [-0.1, -0.05) is 58.9 Å². The Morgan fingerprint density at radius 2 is 1.60 bits per heavy atom. The largest absolute Gasteiger partial charge is 0.486 e. The van der Waals surface area contributed by atoms with Crippen molar-refractivity contribution < 1.29 is 19.4 Å². The fraction of sp³-hybridized carbons (Fsp3) is 0.440. The van der Waals surface area contributed by atoms with Crippen LogP contribution in [-0.2, 0) is 10.2 Å². The molecular formula is C25H33NO4. The van der Waals surface area contributed by atoms with Crippen molar-refractivity contribution >= 4 is 11.9 Å². The molecular weight excluding hydrogens is 378 g/mol. The lowest BCUT2D eigenvalue weighted by Crippen LogP contribution is -2.26. The summed E-state index contributed by atoms with van der Waals surface area (Å²) in [5.41, 5.74) is 2.86. The van der Waals surface area contributed by atoms with Gasteiger partial charge in [0.2, 0.25) is 0 Å². The van der Waals surface area contributed by atoms with Crippen LogP contribution in [0.25, 0.3) is 0 Å². The second-order valence-corrected chi connectivity index (χ2v) is 9.03. The van der Waals surface area contributed by atoms with Gasteiger partial charge in [0.15, 0.2) is 0 Å². The third-order valence-electron chi connectivity index (χ3n) is 4.85. The van der Waals surface area contributed by atoms with E-state index in [9.17, 15) is 9.59 Å². The molecule has 0 saturated carbocycles. The van der Waals surface area contributed by atoms with Gasteiger partial charge in [-0.05, 0) is 53.1 Å². The van der Waals surface area contributed by atoms with E-state index in [1.807, 2.05) is 24.3 Å². The minimum atomic E-state index is -0.935. The van der Waals surface area contributed by atoms with E-state index in [-0.39, 0.29) is 30.4 Å². The van der Waals surface area contributed by atoms with Crippen molar-refractivity contribution in [1.82, 2.24) is 5.32 Å². The molecule has 0 heterocycles. The van der Waals surface area contributed by atoms with Gasteiger partial charge >= 0.3 is 5.97 Å². The third-order valence-corrected chi connectivity index (χ3v) is 4.85. The van der Waals surface area contributed by atoms with Crippen LogP contribution < -0.4 is 10.1 Å². The van der Waals surface area contributed by atoms with Crippen LogP contribution in [0, 0.1) is 5.92 Å². The Labute approximate surface area is 179 Å². The summed E-state index contributed by atoms with van der Waals surface area (Å²) in [5.74, 6) is 0.0590. The molecule has 2 aromatic carbocycles. The topological polar surface area (TPSA) is 75.6 Å². The van der Waals surface area contributed by atoms with E-state index < -0.39 is 5.97 Å². The molecule has 162 valence electrons. The van der Waals surface area contributed by atoms with Crippen LogP contribution in [0.5, 0.6) is 5.75 Å². The smallest absolute Gasteiger partial charge is 0.305 e. The summed E-state index contributed by atoms with van der Waals surface area (Å²) in [6, 6.07) is 15.6. The van der Waals surface area contributed by atoms with Gasteiger partial charge in [0.25, 0.3) is 5.91 Å². The Kier molecular flexibility index (Phi) is 8.04. The van der Waals surface area contributed by atoms with Crippen LogP contribution in [0.2, 0.25) is 0 Å². The normalized spacial score (nSPS) is 12.5. The zero-order valence-corrected chi connectivity index (χ0v) is 18.6. The maximum atomic E-state index is 12.2. The monoisotopic (exact) mass is 411 g/mol. The number of carbonyl (C=O) groups is 2. The number of nitrogens with one attached hydrogen (secondary N) is 1. The second kappa shape index (κ2) is 10.3. The second-order valence-electron chi connectivity index (χ2n) is 9.03. The highest BCUT2D eigenvalue weighted by Gasteiger charge is 2.18. The molecule has 0 aliphatic heterocycles. The number of hydrogen-bond acceptors (Lipinski definition) is 3. The van der Waals surface area contributed by atoms with Gasteiger partial charge in [-0.25, -0.2) is 0 Å². The number of carboxylic acid groups (broad SMARTS) is 1. The number of benzene rings is 2. The summed E-state index contributed by atoms with van der Waals surface area (Å²) in [7, 11) is 0.